The smallest absolute Gasteiger partial charge is 0.460 e. The van der Waals surface area contributed by atoms with Gasteiger partial charge < -0.3 is 4.55 Å². The molecule has 0 saturated heterocycles. The standard InChI is InChI=1S/C8H18I.C4HF9O3S/c1-7(2,3)9-8(4,5)6;5-1(6,3(9,10)11)2(7,8)4(12,13)17(14,15)16/h1-6H3;(H,14,15,16)/q+1;/p-1. The molecule has 0 amide bonds. The molecule has 0 rings (SSSR count). The Balaban J connectivity index is 0. The molecule has 0 aromatic carbocycles. The van der Waals surface area contributed by atoms with Gasteiger partial charge in [0.2, 0.25) is 0 Å². The second-order valence-corrected chi connectivity index (χ2v) is 15.3. The van der Waals surface area contributed by atoms with Gasteiger partial charge >= 0.3 is 23.3 Å². The highest BCUT2D eigenvalue weighted by Crippen LogP contribution is 2.54. The van der Waals surface area contributed by atoms with E-state index in [2.05, 4.69) is 41.5 Å². The summed E-state index contributed by atoms with van der Waals surface area (Å²) in [5.74, 6) is -14.8. The summed E-state index contributed by atoms with van der Waals surface area (Å²) in [5.41, 5.74) is 0. The minimum atomic E-state index is -7.43. The summed E-state index contributed by atoms with van der Waals surface area (Å²) in [5, 5.41) is -7.11. The van der Waals surface area contributed by atoms with Crippen molar-refractivity contribution in [1.82, 2.24) is 0 Å². The van der Waals surface area contributed by atoms with Gasteiger partial charge in [-0.15, -0.1) is 0 Å². The number of rotatable bonds is 3. The molecular weight excluding hydrogens is 522 g/mol. The van der Waals surface area contributed by atoms with Crippen molar-refractivity contribution in [3.8, 4) is 0 Å². The Bertz CT molecular complexity index is 560. The molecule has 0 aliphatic rings. The predicted octanol–water partition coefficient (Wildman–Crippen LogP) is 1.63. The predicted molar refractivity (Wildman–Crippen MR) is 70.1 cm³/mol. The van der Waals surface area contributed by atoms with Crippen LogP contribution < -0.4 is 21.2 Å². The first-order chi connectivity index (χ1) is 10.7. The Morgan fingerprint density at radius 1 is 0.654 bits per heavy atom. The van der Waals surface area contributed by atoms with Gasteiger partial charge in [-0.05, 0) is 41.5 Å². The van der Waals surface area contributed by atoms with Gasteiger partial charge in [0.05, 0.1) is 0 Å². The zero-order valence-corrected chi connectivity index (χ0v) is 17.4. The molecule has 0 unspecified atom stereocenters. The van der Waals surface area contributed by atoms with Crippen LogP contribution >= 0.6 is 0 Å². The maximum absolute atomic E-state index is 12.2. The van der Waals surface area contributed by atoms with E-state index in [-0.39, 0.29) is 0 Å². The quantitative estimate of drug-likeness (QED) is 0.237. The minimum absolute atomic E-state index is 0.338. The van der Waals surface area contributed by atoms with Gasteiger partial charge in [-0.25, -0.2) is 8.42 Å². The molecular formula is C12H18F9IO3S. The maximum Gasteiger partial charge on any atom is 0.460 e. The molecule has 0 aromatic rings. The van der Waals surface area contributed by atoms with Crippen molar-refractivity contribution >= 4 is 10.1 Å². The van der Waals surface area contributed by atoms with Gasteiger partial charge in [-0.3, -0.25) is 0 Å². The first kappa shape index (κ1) is 28.2. The summed E-state index contributed by atoms with van der Waals surface area (Å²) < 4.78 is 137. The fraction of sp³-hybridized carbons (Fsp3) is 1.00. The molecule has 0 saturated carbocycles. The topological polar surface area (TPSA) is 57.2 Å². The minimum Gasteiger partial charge on any atom is -0.743 e. The summed E-state index contributed by atoms with van der Waals surface area (Å²) in [7, 11) is -7.42. The van der Waals surface area contributed by atoms with Crippen molar-refractivity contribution in [3.05, 3.63) is 0 Å². The highest BCUT2D eigenvalue weighted by atomic mass is 127. The van der Waals surface area contributed by atoms with E-state index in [1.54, 1.807) is 0 Å². The lowest BCUT2D eigenvalue weighted by molar-refractivity contribution is -0.772. The molecule has 0 radical (unpaired) electrons. The van der Waals surface area contributed by atoms with Crippen molar-refractivity contribution in [3.63, 3.8) is 0 Å². The fourth-order valence-corrected chi connectivity index (χ4v) is 6.66. The number of hydrogen-bond acceptors (Lipinski definition) is 3. The third-order valence-electron chi connectivity index (χ3n) is 2.00. The van der Waals surface area contributed by atoms with E-state index in [9.17, 15) is 52.5 Å². The SMILES string of the molecule is CC(C)(C)[I+]C(C)(C)C.O=S(=O)([O-])C(F)(F)C(F)(F)C(F)(F)C(F)(F)F. The van der Waals surface area contributed by atoms with E-state index in [1.807, 2.05) is 0 Å². The van der Waals surface area contributed by atoms with Crippen molar-refractivity contribution in [2.24, 2.45) is 0 Å². The van der Waals surface area contributed by atoms with Crippen molar-refractivity contribution in [2.75, 3.05) is 0 Å². The lowest BCUT2D eigenvalue weighted by Crippen LogP contribution is -3.72. The van der Waals surface area contributed by atoms with Gasteiger partial charge in [0.25, 0.3) is 21.2 Å². The number of hydrogen-bond donors (Lipinski definition) is 0. The van der Waals surface area contributed by atoms with Crippen molar-refractivity contribution in [2.45, 2.75) is 71.7 Å². The average molecular weight is 540 g/mol. The third kappa shape index (κ3) is 7.20. The molecule has 0 aliphatic heterocycles. The molecule has 14 heteroatoms. The number of halogens is 10. The van der Waals surface area contributed by atoms with Crippen LogP contribution in [0.2, 0.25) is 0 Å². The Hall–Kier alpha value is 0.01000. The Kier molecular flexibility index (Phi) is 8.46. The van der Waals surface area contributed by atoms with E-state index in [4.69, 9.17) is 0 Å². The van der Waals surface area contributed by atoms with Gasteiger partial charge in [-0.2, -0.15) is 39.5 Å². The molecule has 0 aromatic heterocycles. The molecule has 160 valence electrons. The van der Waals surface area contributed by atoms with E-state index < -0.39 is 33.4 Å². The van der Waals surface area contributed by atoms with E-state index in [0.717, 1.165) is 0 Å². The molecule has 0 atom stereocenters. The Morgan fingerprint density at radius 3 is 1.04 bits per heavy atom. The van der Waals surface area contributed by atoms with Crippen LogP contribution in [0.1, 0.15) is 41.5 Å². The molecule has 0 bridgehead atoms. The zero-order valence-electron chi connectivity index (χ0n) is 14.4. The van der Waals surface area contributed by atoms with E-state index in [1.165, 1.54) is 0 Å². The first-order valence-electron chi connectivity index (χ1n) is 6.53. The second kappa shape index (κ2) is 7.79. The molecule has 0 fully saturated rings. The fourth-order valence-electron chi connectivity index (χ4n) is 1.37. The van der Waals surface area contributed by atoms with Crippen LogP contribution in [0.25, 0.3) is 0 Å². The van der Waals surface area contributed by atoms with Crippen LogP contribution in [0.3, 0.4) is 0 Å². The molecule has 3 nitrogen and oxygen atoms in total. The largest absolute Gasteiger partial charge is 0.743 e. The lowest BCUT2D eigenvalue weighted by atomic mass is 10.1. The Morgan fingerprint density at radius 2 is 0.923 bits per heavy atom. The molecule has 0 spiro atoms. The van der Waals surface area contributed by atoms with Crippen LogP contribution in [0, 0.1) is 0 Å². The van der Waals surface area contributed by atoms with E-state index in [0.29, 0.717) is 28.0 Å². The third-order valence-corrected chi connectivity index (χ3v) is 6.12. The molecule has 0 N–H and O–H groups in total. The van der Waals surface area contributed by atoms with Crippen LogP contribution in [-0.4, -0.2) is 43.1 Å². The highest BCUT2D eigenvalue weighted by molar-refractivity contribution is 7.86. The Labute approximate surface area is 155 Å². The molecule has 26 heavy (non-hydrogen) atoms. The van der Waals surface area contributed by atoms with Gasteiger partial charge in [0.15, 0.2) is 17.0 Å². The summed E-state index contributed by atoms with van der Waals surface area (Å²) >= 11 is 0.338. The van der Waals surface area contributed by atoms with Crippen LogP contribution in [-0.2, 0) is 10.1 Å². The summed E-state index contributed by atoms with van der Waals surface area (Å²) in [6.45, 7) is 14.0. The lowest BCUT2D eigenvalue weighted by Gasteiger charge is -2.34. The molecule has 0 aliphatic carbocycles. The molecule has 0 heterocycles. The maximum atomic E-state index is 12.2. The van der Waals surface area contributed by atoms with Gasteiger partial charge in [0, 0.05) is 0 Å². The van der Waals surface area contributed by atoms with Gasteiger partial charge in [0.1, 0.15) is 0 Å². The van der Waals surface area contributed by atoms with Crippen LogP contribution in [0.5, 0.6) is 0 Å². The monoisotopic (exact) mass is 540 g/mol. The van der Waals surface area contributed by atoms with Crippen molar-refractivity contribution < 1.29 is 73.7 Å². The van der Waals surface area contributed by atoms with Crippen molar-refractivity contribution in [1.29, 1.82) is 0 Å². The summed E-state index contributed by atoms with van der Waals surface area (Å²) in [4.78, 5) is 0. The second-order valence-electron chi connectivity index (χ2n) is 6.85. The van der Waals surface area contributed by atoms with Crippen LogP contribution in [0.15, 0.2) is 0 Å². The summed E-state index contributed by atoms with van der Waals surface area (Å²) in [6.07, 6.45) is -7.16. The van der Waals surface area contributed by atoms with Gasteiger partial charge in [-0.1, -0.05) is 0 Å². The van der Waals surface area contributed by atoms with E-state index >= 15 is 0 Å². The zero-order chi connectivity index (χ0) is 22.2. The normalized spacial score (nSPS) is 15.4. The summed E-state index contributed by atoms with van der Waals surface area (Å²) in [6, 6.07) is 0. The first-order valence-corrected chi connectivity index (χ1v) is 10.1. The number of alkyl halides is 11. The average Bonchev–Trinajstić information content (AvgIpc) is 2.20. The highest BCUT2D eigenvalue weighted by Gasteiger charge is 2.83. The van der Waals surface area contributed by atoms with Crippen LogP contribution in [0.4, 0.5) is 39.5 Å².